The third kappa shape index (κ3) is 2.74. The number of nitrogens with zero attached hydrogens (tertiary/aromatic N) is 2. The number of nitriles is 1. The van der Waals surface area contributed by atoms with Gasteiger partial charge in [0.05, 0.1) is 0 Å². The van der Waals surface area contributed by atoms with E-state index in [9.17, 15) is 8.42 Å². The largest absolute Gasteiger partial charge is 0.313 e. The highest BCUT2D eigenvalue weighted by molar-refractivity contribution is 7.91. The van der Waals surface area contributed by atoms with Gasteiger partial charge in [-0.05, 0) is 44.4 Å². The van der Waals surface area contributed by atoms with Crippen molar-refractivity contribution in [3.63, 3.8) is 0 Å². The molecule has 20 heavy (non-hydrogen) atoms. The molecule has 7 heteroatoms. The SMILES string of the molecule is N#Cc1ccc(S(=O)(=O)N(CC2CCCN2)C2CC2)s1. The molecule has 1 saturated heterocycles. The van der Waals surface area contributed by atoms with Crippen LogP contribution in [-0.4, -0.2) is 37.9 Å². The molecule has 3 rings (SSSR count). The molecule has 2 aliphatic rings. The lowest BCUT2D eigenvalue weighted by molar-refractivity contribution is 0.363. The molecule has 0 bridgehead atoms. The van der Waals surface area contributed by atoms with E-state index in [1.807, 2.05) is 6.07 Å². The molecule has 2 fully saturated rings. The third-order valence-corrected chi connectivity index (χ3v) is 7.15. The normalized spacial score (nSPS) is 23.1. The molecule has 108 valence electrons. The predicted molar refractivity (Wildman–Crippen MR) is 77.0 cm³/mol. The van der Waals surface area contributed by atoms with Crippen LogP contribution in [0.4, 0.5) is 0 Å². The minimum absolute atomic E-state index is 0.148. The topological polar surface area (TPSA) is 73.2 Å². The summed E-state index contributed by atoms with van der Waals surface area (Å²) in [5.74, 6) is 0. The number of nitrogens with one attached hydrogen (secondary N) is 1. The van der Waals surface area contributed by atoms with E-state index >= 15 is 0 Å². The number of hydrogen-bond acceptors (Lipinski definition) is 5. The predicted octanol–water partition coefficient (Wildman–Crippen LogP) is 1.52. The Morgan fingerprint density at radius 2 is 2.20 bits per heavy atom. The third-order valence-electron chi connectivity index (χ3n) is 3.77. The maximum absolute atomic E-state index is 12.7. The Labute approximate surface area is 123 Å². The molecule has 1 aromatic rings. The van der Waals surface area contributed by atoms with E-state index in [0.717, 1.165) is 43.6 Å². The molecular weight excluding hydrogens is 294 g/mol. The van der Waals surface area contributed by atoms with Gasteiger partial charge in [0.1, 0.15) is 15.2 Å². The Balaban J connectivity index is 1.83. The van der Waals surface area contributed by atoms with Gasteiger partial charge in [0, 0.05) is 18.6 Å². The minimum atomic E-state index is -3.45. The van der Waals surface area contributed by atoms with Crippen LogP contribution in [0.25, 0.3) is 0 Å². The average Bonchev–Trinajstić information content (AvgIpc) is 2.96. The lowest BCUT2D eigenvalue weighted by atomic mass is 10.2. The molecule has 2 heterocycles. The first kappa shape index (κ1) is 14.0. The molecule has 0 radical (unpaired) electrons. The number of rotatable bonds is 5. The van der Waals surface area contributed by atoms with Crippen molar-refractivity contribution in [2.24, 2.45) is 0 Å². The van der Waals surface area contributed by atoms with Gasteiger partial charge in [-0.2, -0.15) is 9.57 Å². The van der Waals surface area contributed by atoms with Gasteiger partial charge in [0.15, 0.2) is 0 Å². The molecule has 1 atom stereocenters. The Morgan fingerprint density at radius 3 is 2.75 bits per heavy atom. The second-order valence-corrected chi connectivity index (χ2v) is 8.53. The zero-order valence-corrected chi connectivity index (χ0v) is 12.7. The minimum Gasteiger partial charge on any atom is -0.313 e. The summed E-state index contributed by atoms with van der Waals surface area (Å²) >= 11 is 1.06. The van der Waals surface area contributed by atoms with Crippen LogP contribution in [0.3, 0.4) is 0 Å². The van der Waals surface area contributed by atoms with E-state index in [-0.39, 0.29) is 12.1 Å². The van der Waals surface area contributed by atoms with E-state index in [4.69, 9.17) is 5.26 Å². The first-order valence-electron chi connectivity index (χ1n) is 6.86. The van der Waals surface area contributed by atoms with Gasteiger partial charge in [0.2, 0.25) is 0 Å². The zero-order valence-electron chi connectivity index (χ0n) is 11.1. The molecule has 1 N–H and O–H groups in total. The molecule has 0 aromatic carbocycles. The van der Waals surface area contributed by atoms with Gasteiger partial charge >= 0.3 is 0 Å². The van der Waals surface area contributed by atoms with Crippen LogP contribution in [0, 0.1) is 11.3 Å². The summed E-state index contributed by atoms with van der Waals surface area (Å²) in [7, 11) is -3.45. The summed E-state index contributed by atoms with van der Waals surface area (Å²) in [5.41, 5.74) is 0. The Hall–Kier alpha value is -0.940. The summed E-state index contributed by atoms with van der Waals surface area (Å²) in [6, 6.07) is 5.54. The zero-order chi connectivity index (χ0) is 14.2. The van der Waals surface area contributed by atoms with Crippen molar-refractivity contribution in [2.75, 3.05) is 13.1 Å². The standard InChI is InChI=1S/C13H17N3O2S2/c14-8-12-5-6-13(19-12)20(17,18)16(11-3-4-11)9-10-2-1-7-15-10/h5-6,10-11,15H,1-4,7,9H2. The summed E-state index contributed by atoms with van der Waals surface area (Å²) < 4.78 is 27.4. The van der Waals surface area contributed by atoms with Gasteiger partial charge in [0.25, 0.3) is 10.0 Å². The van der Waals surface area contributed by atoms with Crippen LogP contribution >= 0.6 is 11.3 Å². The highest BCUT2D eigenvalue weighted by Gasteiger charge is 2.40. The van der Waals surface area contributed by atoms with Gasteiger partial charge in [-0.1, -0.05) is 0 Å². The highest BCUT2D eigenvalue weighted by atomic mass is 32.2. The van der Waals surface area contributed by atoms with Crippen molar-refractivity contribution in [2.45, 2.75) is 42.0 Å². The van der Waals surface area contributed by atoms with Crippen molar-refractivity contribution >= 4 is 21.4 Å². The van der Waals surface area contributed by atoms with Crippen molar-refractivity contribution in [1.29, 1.82) is 5.26 Å². The summed E-state index contributed by atoms with van der Waals surface area (Å²) in [4.78, 5) is 0.443. The lowest BCUT2D eigenvalue weighted by Gasteiger charge is -2.24. The van der Waals surface area contributed by atoms with Crippen molar-refractivity contribution in [3.05, 3.63) is 17.0 Å². The second-order valence-electron chi connectivity index (χ2n) is 5.33. The van der Waals surface area contributed by atoms with Crippen LogP contribution in [0.5, 0.6) is 0 Å². The fourth-order valence-electron chi connectivity index (χ4n) is 2.57. The first-order valence-corrected chi connectivity index (χ1v) is 9.12. The van der Waals surface area contributed by atoms with E-state index in [1.165, 1.54) is 0 Å². The molecule has 1 unspecified atom stereocenters. The Bertz CT molecular complexity index is 622. The molecule has 0 amide bonds. The summed E-state index contributed by atoms with van der Waals surface area (Å²) in [6.07, 6.45) is 4.04. The average molecular weight is 311 g/mol. The maximum atomic E-state index is 12.7. The quantitative estimate of drug-likeness (QED) is 0.895. The molecule has 1 aliphatic heterocycles. The van der Waals surface area contributed by atoms with Crippen LogP contribution in [0.1, 0.15) is 30.6 Å². The van der Waals surface area contributed by atoms with Crippen molar-refractivity contribution in [3.8, 4) is 6.07 Å². The lowest BCUT2D eigenvalue weighted by Crippen LogP contribution is -2.42. The van der Waals surface area contributed by atoms with Crippen LogP contribution in [-0.2, 0) is 10.0 Å². The maximum Gasteiger partial charge on any atom is 0.252 e. The van der Waals surface area contributed by atoms with Gasteiger partial charge < -0.3 is 5.32 Å². The summed E-state index contributed by atoms with van der Waals surface area (Å²) in [6.45, 7) is 1.52. The van der Waals surface area contributed by atoms with Gasteiger partial charge in [-0.15, -0.1) is 11.3 Å². The van der Waals surface area contributed by atoms with E-state index in [2.05, 4.69) is 5.32 Å². The van der Waals surface area contributed by atoms with E-state index in [0.29, 0.717) is 15.6 Å². The molecule has 0 spiro atoms. The number of thiophene rings is 1. The fraction of sp³-hybridized carbons (Fsp3) is 0.615. The molecular formula is C13H17N3O2S2. The summed E-state index contributed by atoms with van der Waals surface area (Å²) in [5, 5.41) is 12.2. The number of hydrogen-bond donors (Lipinski definition) is 1. The second kappa shape index (κ2) is 5.45. The Kier molecular flexibility index (Phi) is 3.82. The van der Waals surface area contributed by atoms with Crippen molar-refractivity contribution < 1.29 is 8.42 Å². The van der Waals surface area contributed by atoms with E-state index in [1.54, 1.807) is 16.4 Å². The van der Waals surface area contributed by atoms with Crippen LogP contribution in [0.2, 0.25) is 0 Å². The first-order chi connectivity index (χ1) is 9.61. The molecule has 1 aromatic heterocycles. The van der Waals surface area contributed by atoms with E-state index < -0.39 is 10.0 Å². The molecule has 1 aliphatic carbocycles. The Morgan fingerprint density at radius 1 is 1.40 bits per heavy atom. The smallest absolute Gasteiger partial charge is 0.252 e. The fourth-order valence-corrected chi connectivity index (χ4v) is 5.53. The van der Waals surface area contributed by atoms with Gasteiger partial charge in [-0.25, -0.2) is 8.42 Å². The van der Waals surface area contributed by atoms with Gasteiger partial charge in [-0.3, -0.25) is 0 Å². The highest BCUT2D eigenvalue weighted by Crippen LogP contribution is 2.34. The van der Waals surface area contributed by atoms with Crippen LogP contribution in [0.15, 0.2) is 16.3 Å². The monoisotopic (exact) mass is 311 g/mol. The number of sulfonamides is 1. The molecule has 1 saturated carbocycles. The van der Waals surface area contributed by atoms with Crippen LogP contribution < -0.4 is 5.32 Å². The van der Waals surface area contributed by atoms with Crippen molar-refractivity contribution in [1.82, 2.24) is 9.62 Å². The molecule has 5 nitrogen and oxygen atoms in total.